The van der Waals surface area contributed by atoms with E-state index >= 15 is 0 Å². The zero-order valence-electron chi connectivity index (χ0n) is 15.1. The predicted octanol–water partition coefficient (Wildman–Crippen LogP) is 5.24. The van der Waals surface area contributed by atoms with Crippen LogP contribution in [0, 0.1) is 11.8 Å². The molecule has 26 heavy (non-hydrogen) atoms. The second kappa shape index (κ2) is 8.95. The Kier molecular flexibility index (Phi) is 6.40. The van der Waals surface area contributed by atoms with Crippen molar-refractivity contribution in [2.24, 2.45) is 11.8 Å². The monoisotopic (exact) mass is 367 g/mol. The lowest BCUT2D eigenvalue weighted by molar-refractivity contribution is 0.103. The summed E-state index contributed by atoms with van der Waals surface area (Å²) in [5, 5.41) is 0. The molecule has 0 radical (unpaired) electrons. The van der Waals surface area contributed by atoms with Gasteiger partial charge in [0, 0.05) is 29.7 Å². The number of benzene rings is 2. The summed E-state index contributed by atoms with van der Waals surface area (Å²) in [5.74, 6) is 1.71. The Labute approximate surface area is 160 Å². The van der Waals surface area contributed by atoms with Crippen molar-refractivity contribution in [3.8, 4) is 0 Å². The van der Waals surface area contributed by atoms with Crippen LogP contribution in [-0.4, -0.2) is 29.8 Å². The Balaban J connectivity index is 1.55. The zero-order valence-corrected chi connectivity index (χ0v) is 16.0. The van der Waals surface area contributed by atoms with E-state index in [0.29, 0.717) is 25.0 Å². The molecular weight excluding hydrogens is 342 g/mol. The number of hydrogen-bond donors (Lipinski definition) is 0. The highest BCUT2D eigenvalue weighted by Crippen LogP contribution is 2.33. The number of amides is 1. The van der Waals surface area contributed by atoms with E-state index in [9.17, 15) is 4.79 Å². The second-order valence-corrected chi connectivity index (χ2v) is 7.88. The summed E-state index contributed by atoms with van der Waals surface area (Å²) in [5.41, 5.74) is 2.15. The normalized spacial score (nSPS) is 19.3. The minimum Gasteiger partial charge on any atom is -0.445 e. The summed E-state index contributed by atoms with van der Waals surface area (Å²) in [6.07, 6.45) is -0.229. The first kappa shape index (κ1) is 18.6. The lowest BCUT2D eigenvalue weighted by Crippen LogP contribution is -2.29. The Hall–Kier alpha value is -2.20. The lowest BCUT2D eigenvalue weighted by atomic mass is 9.92. The summed E-state index contributed by atoms with van der Waals surface area (Å²) in [6.45, 7) is 7.94. The summed E-state index contributed by atoms with van der Waals surface area (Å²) < 4.78 is 5.50. The fourth-order valence-corrected chi connectivity index (χ4v) is 4.37. The van der Waals surface area contributed by atoms with Crippen molar-refractivity contribution in [2.75, 3.05) is 18.8 Å². The van der Waals surface area contributed by atoms with Crippen LogP contribution in [0.5, 0.6) is 0 Å². The van der Waals surface area contributed by atoms with E-state index in [2.05, 4.69) is 37.8 Å². The minimum absolute atomic E-state index is 0.229. The van der Waals surface area contributed by atoms with Gasteiger partial charge in [0.1, 0.15) is 6.61 Å². The molecule has 3 rings (SSSR count). The zero-order chi connectivity index (χ0) is 18.4. The van der Waals surface area contributed by atoms with Crippen LogP contribution in [0.25, 0.3) is 0 Å². The van der Waals surface area contributed by atoms with Gasteiger partial charge in [0.15, 0.2) is 0 Å². The molecule has 136 valence electrons. The number of nitrogens with zero attached hydrogens (tertiary/aromatic N) is 1. The molecule has 1 aliphatic rings. The minimum atomic E-state index is -0.229. The van der Waals surface area contributed by atoms with Gasteiger partial charge in [0.05, 0.1) is 0 Å². The molecule has 2 aromatic carbocycles. The highest BCUT2D eigenvalue weighted by atomic mass is 32.2. The number of hydrogen-bond acceptors (Lipinski definition) is 3. The Morgan fingerprint density at radius 2 is 1.77 bits per heavy atom. The molecule has 0 aliphatic carbocycles. The van der Waals surface area contributed by atoms with Gasteiger partial charge in [-0.05, 0) is 30.5 Å². The SMILES string of the molecule is C=C(C)C1CN(C(=O)OCc2ccccc2)CC1CSc1ccccc1. The molecule has 0 saturated carbocycles. The molecule has 1 heterocycles. The van der Waals surface area contributed by atoms with Crippen LogP contribution in [0.15, 0.2) is 77.7 Å². The average molecular weight is 368 g/mol. The van der Waals surface area contributed by atoms with Crippen molar-refractivity contribution in [1.82, 2.24) is 4.90 Å². The fraction of sp³-hybridized carbons (Fsp3) is 0.318. The third kappa shape index (κ3) is 4.92. The molecule has 0 N–H and O–H groups in total. The van der Waals surface area contributed by atoms with Gasteiger partial charge in [0.2, 0.25) is 0 Å². The average Bonchev–Trinajstić information content (AvgIpc) is 3.11. The lowest BCUT2D eigenvalue weighted by Gasteiger charge is -2.17. The quantitative estimate of drug-likeness (QED) is 0.516. The standard InChI is InChI=1S/C22H25NO2S/c1-17(2)21-14-23(22(24)25-15-18-9-5-3-6-10-18)13-19(21)16-26-20-11-7-4-8-12-20/h3-12,19,21H,1,13-16H2,2H3. The van der Waals surface area contributed by atoms with E-state index in [-0.39, 0.29) is 6.09 Å². The smallest absolute Gasteiger partial charge is 0.410 e. The van der Waals surface area contributed by atoms with Gasteiger partial charge >= 0.3 is 6.09 Å². The Morgan fingerprint density at radius 3 is 2.42 bits per heavy atom. The first-order valence-electron chi connectivity index (χ1n) is 8.92. The molecular formula is C22H25NO2S. The van der Waals surface area contributed by atoms with E-state index in [1.807, 2.05) is 53.1 Å². The molecule has 4 heteroatoms. The molecule has 1 saturated heterocycles. The third-order valence-corrected chi connectivity index (χ3v) is 5.94. The highest BCUT2D eigenvalue weighted by Gasteiger charge is 2.36. The number of ether oxygens (including phenoxy) is 1. The summed E-state index contributed by atoms with van der Waals surface area (Å²) in [4.78, 5) is 15.6. The highest BCUT2D eigenvalue weighted by molar-refractivity contribution is 7.99. The number of carbonyl (C=O) groups is 1. The fourth-order valence-electron chi connectivity index (χ4n) is 3.28. The van der Waals surface area contributed by atoms with E-state index in [1.54, 1.807) is 0 Å². The number of thioether (sulfide) groups is 1. The van der Waals surface area contributed by atoms with Gasteiger partial charge in [-0.3, -0.25) is 0 Å². The molecule has 0 aromatic heterocycles. The van der Waals surface area contributed by atoms with Gasteiger partial charge in [-0.1, -0.05) is 60.7 Å². The largest absolute Gasteiger partial charge is 0.445 e. The molecule has 0 spiro atoms. The van der Waals surface area contributed by atoms with Crippen LogP contribution in [0.2, 0.25) is 0 Å². The van der Waals surface area contributed by atoms with Crippen molar-refractivity contribution in [2.45, 2.75) is 18.4 Å². The molecule has 1 fully saturated rings. The van der Waals surface area contributed by atoms with Gasteiger partial charge in [-0.15, -0.1) is 11.8 Å². The van der Waals surface area contributed by atoms with Gasteiger partial charge in [-0.2, -0.15) is 0 Å². The Bertz CT molecular complexity index is 732. The first-order chi connectivity index (χ1) is 12.6. The predicted molar refractivity (Wildman–Crippen MR) is 107 cm³/mol. The molecule has 2 unspecified atom stereocenters. The van der Waals surface area contributed by atoms with Crippen LogP contribution >= 0.6 is 11.8 Å². The van der Waals surface area contributed by atoms with Crippen molar-refractivity contribution in [3.05, 3.63) is 78.4 Å². The van der Waals surface area contributed by atoms with Crippen LogP contribution in [0.3, 0.4) is 0 Å². The van der Waals surface area contributed by atoms with Crippen LogP contribution < -0.4 is 0 Å². The van der Waals surface area contributed by atoms with E-state index in [1.165, 1.54) is 4.90 Å². The van der Waals surface area contributed by atoms with Crippen LogP contribution in [0.4, 0.5) is 4.79 Å². The molecule has 2 aromatic rings. The maximum absolute atomic E-state index is 12.5. The molecule has 1 amide bonds. The van der Waals surface area contributed by atoms with Crippen molar-refractivity contribution >= 4 is 17.9 Å². The molecule has 1 aliphatic heterocycles. The molecule has 2 atom stereocenters. The maximum Gasteiger partial charge on any atom is 0.410 e. The first-order valence-corrected chi connectivity index (χ1v) is 9.91. The number of likely N-dealkylation sites (tertiary alicyclic amines) is 1. The van der Waals surface area contributed by atoms with E-state index < -0.39 is 0 Å². The van der Waals surface area contributed by atoms with Crippen molar-refractivity contribution in [1.29, 1.82) is 0 Å². The van der Waals surface area contributed by atoms with Crippen LogP contribution in [0.1, 0.15) is 12.5 Å². The van der Waals surface area contributed by atoms with Crippen molar-refractivity contribution < 1.29 is 9.53 Å². The number of carbonyl (C=O) groups excluding carboxylic acids is 1. The summed E-state index contributed by atoms with van der Waals surface area (Å²) in [7, 11) is 0. The topological polar surface area (TPSA) is 29.5 Å². The maximum atomic E-state index is 12.5. The van der Waals surface area contributed by atoms with Gasteiger partial charge < -0.3 is 9.64 Å². The van der Waals surface area contributed by atoms with E-state index in [0.717, 1.165) is 23.4 Å². The second-order valence-electron chi connectivity index (χ2n) is 6.78. The van der Waals surface area contributed by atoms with Crippen LogP contribution in [-0.2, 0) is 11.3 Å². The molecule has 3 nitrogen and oxygen atoms in total. The third-order valence-electron chi connectivity index (χ3n) is 4.74. The number of rotatable bonds is 6. The summed E-state index contributed by atoms with van der Waals surface area (Å²) >= 11 is 1.84. The Morgan fingerprint density at radius 1 is 1.12 bits per heavy atom. The van der Waals surface area contributed by atoms with Crippen molar-refractivity contribution in [3.63, 3.8) is 0 Å². The summed E-state index contributed by atoms with van der Waals surface area (Å²) in [6, 6.07) is 20.2. The molecule has 0 bridgehead atoms. The van der Waals surface area contributed by atoms with Gasteiger partial charge in [0.25, 0.3) is 0 Å². The van der Waals surface area contributed by atoms with Gasteiger partial charge in [-0.25, -0.2) is 4.79 Å². The van der Waals surface area contributed by atoms with E-state index in [4.69, 9.17) is 4.74 Å².